The predicted molar refractivity (Wildman–Crippen MR) is 37.3 cm³/mol. The first kappa shape index (κ1) is 8.53. The van der Waals surface area contributed by atoms with Gasteiger partial charge in [0, 0.05) is 0 Å². The third-order valence-corrected chi connectivity index (χ3v) is 0.721. The van der Waals surface area contributed by atoms with E-state index in [0.717, 1.165) is 0 Å². The molecule has 0 radical (unpaired) electrons. The summed E-state index contributed by atoms with van der Waals surface area (Å²) in [5, 5.41) is 9.65. The molecule has 0 saturated carbocycles. The minimum atomic E-state index is -0.187. The van der Waals surface area contributed by atoms with Crippen molar-refractivity contribution in [2.45, 2.75) is 4.05 Å². The van der Waals surface area contributed by atoms with Crippen molar-refractivity contribution in [1.29, 1.82) is 0 Å². The van der Waals surface area contributed by atoms with Crippen LogP contribution in [-0.4, -0.2) is 16.0 Å². The normalized spacial score (nSPS) is 14.6. The molecule has 0 saturated heterocycles. The van der Waals surface area contributed by atoms with Crippen LogP contribution in [0.4, 0.5) is 0 Å². The average Bonchev–Trinajstić information content (AvgIpc) is 1.61. The van der Waals surface area contributed by atoms with E-state index in [1.807, 2.05) is 22.6 Å². The van der Waals surface area contributed by atoms with Gasteiger partial charge in [-0.05, 0) is 0 Å². The molecule has 0 amide bonds. The highest BCUT2D eigenvalue weighted by molar-refractivity contribution is 14.1. The fourth-order valence-electron chi connectivity index (χ4n) is 0.145. The Morgan fingerprint density at radius 3 is 2.50 bits per heavy atom. The Morgan fingerprint density at radius 1 is 1.88 bits per heavy atom. The fourth-order valence-corrected chi connectivity index (χ4v) is 0.305. The Hall–Kier alpha value is 0.530. The number of rotatable bonds is 3. The summed E-state index contributed by atoms with van der Waals surface area (Å²) in [6, 6.07) is 0. The van der Waals surface area contributed by atoms with E-state index in [1.54, 1.807) is 0 Å². The zero-order valence-corrected chi connectivity index (χ0v) is 6.24. The van der Waals surface area contributed by atoms with E-state index < -0.39 is 0 Å². The molecule has 1 atom stereocenters. The van der Waals surface area contributed by atoms with Gasteiger partial charge in [-0.15, -0.1) is 0 Å². The summed E-state index contributed by atoms with van der Waals surface area (Å²) < 4.78 is -0.187. The van der Waals surface area contributed by atoms with E-state index in [1.165, 1.54) is 0 Å². The van der Waals surface area contributed by atoms with Crippen LogP contribution >= 0.6 is 22.6 Å². The molecule has 5 nitrogen and oxygen atoms in total. The van der Waals surface area contributed by atoms with Crippen molar-refractivity contribution in [2.75, 3.05) is 6.61 Å². The van der Waals surface area contributed by atoms with E-state index in [2.05, 4.69) is 10.7 Å². The van der Waals surface area contributed by atoms with Crippen molar-refractivity contribution in [3.8, 4) is 0 Å². The quantitative estimate of drug-likeness (QED) is 0.221. The van der Waals surface area contributed by atoms with E-state index >= 15 is 0 Å². The van der Waals surface area contributed by atoms with Crippen LogP contribution in [0.5, 0.6) is 0 Å². The Bertz CT molecular complexity index is 51.2. The van der Waals surface area contributed by atoms with Gasteiger partial charge >= 0.3 is 0 Å². The third kappa shape index (κ3) is 6.53. The van der Waals surface area contributed by atoms with Crippen LogP contribution in [0.3, 0.4) is 0 Å². The largest absolute Gasteiger partial charge is 0.748 e. The van der Waals surface area contributed by atoms with Gasteiger partial charge in [0.1, 0.15) is 0 Å². The smallest absolute Gasteiger partial charge is 0.0932 e. The topological polar surface area (TPSA) is 87.6 Å². The number of hydrogen-bond acceptors (Lipinski definition) is 5. The lowest BCUT2D eigenvalue weighted by molar-refractivity contribution is -0.120. The summed E-state index contributed by atoms with van der Waals surface area (Å²) in [5.41, 5.74) is 5.18. The molecule has 8 heavy (non-hydrogen) atoms. The number of hydrogen-bond donors (Lipinski definition) is 2. The third-order valence-electron chi connectivity index (χ3n) is 0.361. The van der Waals surface area contributed by atoms with Crippen LogP contribution in [0.2, 0.25) is 0 Å². The molecule has 0 rings (SSSR count). The monoisotopic (exact) mass is 232 g/mol. The van der Waals surface area contributed by atoms with E-state index in [4.69, 9.17) is 5.73 Å². The second-order valence-electron chi connectivity index (χ2n) is 1.10. The summed E-state index contributed by atoms with van der Waals surface area (Å²) in [5.74, 6) is 4.54. The van der Waals surface area contributed by atoms with Gasteiger partial charge in [0.05, 0.1) is 10.7 Å². The molecule has 50 valence electrons. The van der Waals surface area contributed by atoms with Gasteiger partial charge in [-0.3, -0.25) is 10.7 Å². The predicted octanol–water partition coefficient (Wildman–Crippen LogP) is -0.689. The molecule has 4 N–H and O–H groups in total. The van der Waals surface area contributed by atoms with Gasteiger partial charge in [-0.1, -0.05) is 22.6 Å². The maximum Gasteiger partial charge on any atom is 0.0932 e. The number of hydrazine groups is 1. The summed E-state index contributed by atoms with van der Waals surface area (Å²) >= 11 is 1.91. The maximum atomic E-state index is 9.76. The summed E-state index contributed by atoms with van der Waals surface area (Å²) in [6.45, 7) is 0.139. The molecule has 0 aliphatic rings. The molecule has 0 aromatic carbocycles. The second kappa shape index (κ2) is 4.41. The van der Waals surface area contributed by atoms with Gasteiger partial charge in [0.2, 0.25) is 0 Å². The molecule has 0 aliphatic heterocycles. The van der Waals surface area contributed by atoms with Gasteiger partial charge < -0.3 is 10.9 Å². The van der Waals surface area contributed by atoms with E-state index in [9.17, 15) is 5.21 Å². The van der Waals surface area contributed by atoms with Crippen LogP contribution in [0.15, 0.2) is 0 Å². The standard InChI is InChI=1S/C2H7IN3O2/c3-2(4)1-8-6(5)7/h2H,1,4-5H2/q-1. The molecular formula is C2H7IN3O2-. The summed E-state index contributed by atoms with van der Waals surface area (Å²) in [4.78, 5) is 4.23. The van der Waals surface area contributed by atoms with Crippen molar-refractivity contribution < 1.29 is 4.84 Å². The molecular weight excluding hydrogens is 225 g/mol. The first-order valence-electron chi connectivity index (χ1n) is 1.87. The minimum Gasteiger partial charge on any atom is -0.748 e. The number of nitrogens with zero attached hydrogens (tertiary/aromatic N) is 1. The second-order valence-corrected chi connectivity index (χ2v) is 2.70. The van der Waals surface area contributed by atoms with Crippen LogP contribution in [0.1, 0.15) is 0 Å². The van der Waals surface area contributed by atoms with E-state index in [0.29, 0.717) is 0 Å². The minimum absolute atomic E-state index is 0.113. The highest BCUT2D eigenvalue weighted by atomic mass is 127. The van der Waals surface area contributed by atoms with Crippen LogP contribution in [-0.2, 0) is 4.84 Å². The van der Waals surface area contributed by atoms with Gasteiger partial charge in [-0.2, -0.15) is 5.34 Å². The lowest BCUT2D eigenvalue weighted by atomic mass is 10.7. The molecule has 0 fully saturated rings. The Balaban J connectivity index is 2.93. The SMILES string of the molecule is NC(I)CON(N)[O-]. The molecule has 1 unspecified atom stereocenters. The van der Waals surface area contributed by atoms with E-state index in [-0.39, 0.29) is 16.0 Å². The summed E-state index contributed by atoms with van der Waals surface area (Å²) in [7, 11) is 0. The first-order chi connectivity index (χ1) is 3.63. The highest BCUT2D eigenvalue weighted by Crippen LogP contribution is 1.90. The zero-order chi connectivity index (χ0) is 6.57. The fraction of sp³-hybridized carbons (Fsp3) is 1.00. The summed E-state index contributed by atoms with van der Waals surface area (Å²) in [6.07, 6.45) is 0. The Labute approximate surface area is 60.6 Å². The lowest BCUT2D eigenvalue weighted by Crippen LogP contribution is -2.30. The van der Waals surface area contributed by atoms with Crippen molar-refractivity contribution in [1.82, 2.24) is 5.34 Å². The Kier molecular flexibility index (Phi) is 4.71. The molecule has 0 heterocycles. The van der Waals surface area contributed by atoms with Crippen molar-refractivity contribution >= 4 is 22.6 Å². The van der Waals surface area contributed by atoms with Crippen LogP contribution in [0, 0.1) is 5.21 Å². The van der Waals surface area contributed by atoms with Gasteiger partial charge in [0.25, 0.3) is 0 Å². The van der Waals surface area contributed by atoms with Gasteiger partial charge in [-0.25, -0.2) is 0 Å². The highest BCUT2D eigenvalue weighted by Gasteiger charge is 1.92. The number of alkyl halides is 1. The molecule has 6 heteroatoms. The average molecular weight is 232 g/mol. The van der Waals surface area contributed by atoms with Crippen molar-refractivity contribution in [3.05, 3.63) is 5.21 Å². The molecule has 0 spiro atoms. The van der Waals surface area contributed by atoms with Crippen LogP contribution in [0.25, 0.3) is 0 Å². The zero-order valence-electron chi connectivity index (χ0n) is 4.08. The Morgan fingerprint density at radius 2 is 2.38 bits per heavy atom. The van der Waals surface area contributed by atoms with Gasteiger partial charge in [0.15, 0.2) is 0 Å². The first-order valence-corrected chi connectivity index (χ1v) is 3.12. The lowest BCUT2D eigenvalue weighted by Gasteiger charge is -2.20. The van der Waals surface area contributed by atoms with Crippen molar-refractivity contribution in [2.24, 2.45) is 11.6 Å². The maximum absolute atomic E-state index is 9.76. The van der Waals surface area contributed by atoms with Crippen molar-refractivity contribution in [3.63, 3.8) is 0 Å². The number of nitrogens with two attached hydrogens (primary N) is 2. The molecule has 0 aromatic rings. The van der Waals surface area contributed by atoms with Crippen LogP contribution < -0.4 is 11.6 Å². The molecule has 0 bridgehead atoms. The molecule has 0 aliphatic carbocycles. The molecule has 0 aromatic heterocycles. The number of halogens is 1.